The van der Waals surface area contributed by atoms with Gasteiger partial charge in [-0.2, -0.15) is 21.6 Å². The number of hydrogen-bond donors (Lipinski definition) is 0. The van der Waals surface area contributed by atoms with Crippen LogP contribution in [0.25, 0.3) is 0 Å². The molecule has 3 aliphatic heterocycles. The molecule has 0 radical (unpaired) electrons. The third kappa shape index (κ3) is 2.49. The maximum Gasteiger partial charge on any atom is 0.534 e. The molecule has 0 unspecified atom stereocenters. The first-order chi connectivity index (χ1) is 8.13. The third-order valence-electron chi connectivity index (χ3n) is 3.66. The lowest BCUT2D eigenvalue weighted by Gasteiger charge is -2.37. The molecule has 8 heteroatoms. The molecule has 0 N–H and O–H groups in total. The number of fused-ring (bicyclic) bond motifs is 3. The Bertz CT molecular complexity index is 461. The van der Waals surface area contributed by atoms with Gasteiger partial charge < -0.3 is 8.67 Å². The van der Waals surface area contributed by atoms with Gasteiger partial charge >= 0.3 is 15.6 Å². The summed E-state index contributed by atoms with van der Waals surface area (Å²) in [7, 11) is -3.53. The Morgan fingerprint density at radius 1 is 1.33 bits per heavy atom. The molecule has 1 saturated heterocycles. The van der Waals surface area contributed by atoms with Gasteiger partial charge in [0.1, 0.15) is 12.3 Å². The molecule has 2 bridgehead atoms. The van der Waals surface area contributed by atoms with E-state index in [1.807, 2.05) is 7.05 Å². The summed E-state index contributed by atoms with van der Waals surface area (Å²) in [5, 5.41) is 0. The quantitative estimate of drug-likeness (QED) is 0.440. The minimum absolute atomic E-state index is 0.0355. The number of nitrogens with zero attached hydrogens (tertiary/aromatic N) is 1. The predicted octanol–water partition coefficient (Wildman–Crippen LogP) is 1.61. The van der Waals surface area contributed by atoms with Crippen LogP contribution in [0.15, 0.2) is 11.8 Å². The van der Waals surface area contributed by atoms with Gasteiger partial charge in [-0.1, -0.05) is 0 Å². The Morgan fingerprint density at radius 3 is 2.39 bits per heavy atom. The van der Waals surface area contributed by atoms with Gasteiger partial charge in [0, 0.05) is 24.8 Å². The van der Waals surface area contributed by atoms with E-state index < -0.39 is 15.6 Å². The summed E-state index contributed by atoms with van der Waals surface area (Å²) in [6, 6.07) is 0. The summed E-state index contributed by atoms with van der Waals surface area (Å²) >= 11 is 0. The van der Waals surface area contributed by atoms with Crippen molar-refractivity contribution in [2.24, 2.45) is 5.92 Å². The monoisotopic (exact) mass is 286 g/mol. The first kappa shape index (κ1) is 13.7. The fraction of sp³-hybridized carbons (Fsp3) is 0.800. The zero-order valence-corrected chi connectivity index (χ0v) is 10.7. The number of halogens is 3. The van der Waals surface area contributed by atoms with Crippen LogP contribution in [-0.2, 0) is 14.3 Å². The first-order valence-electron chi connectivity index (χ1n) is 5.67. The topological polar surface area (TPSA) is 43.4 Å². The van der Waals surface area contributed by atoms with Gasteiger partial charge in [-0.15, -0.1) is 0 Å². The molecular weight excluding hydrogens is 271 g/mol. The van der Waals surface area contributed by atoms with Gasteiger partial charge in [-0.3, -0.25) is 0 Å². The second-order valence-corrected chi connectivity index (χ2v) is 6.65. The zero-order chi connectivity index (χ0) is 13.6. The van der Waals surface area contributed by atoms with E-state index in [1.54, 1.807) is 0 Å². The van der Waals surface area contributed by atoms with Crippen molar-refractivity contribution in [3.05, 3.63) is 11.8 Å². The molecule has 4 nitrogen and oxygen atoms in total. The number of alkyl halides is 3. The normalized spacial score (nSPS) is 32.9. The number of hydrogen-bond acceptors (Lipinski definition) is 3. The van der Waals surface area contributed by atoms with Gasteiger partial charge in [0.15, 0.2) is 0 Å². The molecule has 1 fully saturated rings. The van der Waals surface area contributed by atoms with Crippen LogP contribution in [-0.4, -0.2) is 45.1 Å². The number of allylic oxidation sites excluding steroid dienone is 1. The summed E-state index contributed by atoms with van der Waals surface area (Å²) < 4.78 is 63.8. The van der Waals surface area contributed by atoms with E-state index in [0.717, 1.165) is 17.6 Å². The summed E-state index contributed by atoms with van der Waals surface area (Å²) in [6.45, 7) is 2.18. The SMILES string of the molecule is C[N+]12CC=C(OS(=O)(=O)C(F)(F)F)C(CC1)CC2. The van der Waals surface area contributed by atoms with Crippen molar-refractivity contribution >= 4 is 10.1 Å². The minimum atomic E-state index is -5.53. The van der Waals surface area contributed by atoms with Crippen molar-refractivity contribution in [2.75, 3.05) is 26.7 Å². The molecule has 0 saturated carbocycles. The van der Waals surface area contributed by atoms with Crippen LogP contribution in [0.3, 0.4) is 0 Å². The Morgan fingerprint density at radius 2 is 1.89 bits per heavy atom. The van der Waals surface area contributed by atoms with E-state index in [0.29, 0.717) is 19.4 Å². The van der Waals surface area contributed by atoms with Gasteiger partial charge in [0.25, 0.3) is 0 Å². The number of likely N-dealkylation sites (N-methyl/N-ethyl adjacent to an activating group) is 1. The molecule has 0 aromatic rings. The fourth-order valence-corrected chi connectivity index (χ4v) is 2.96. The molecular formula is C10H15F3NO3S+. The van der Waals surface area contributed by atoms with Crippen molar-refractivity contribution in [1.29, 1.82) is 0 Å². The van der Waals surface area contributed by atoms with Crippen molar-refractivity contribution in [3.8, 4) is 0 Å². The molecule has 0 aliphatic carbocycles. The fourth-order valence-electron chi connectivity index (χ4n) is 2.41. The lowest BCUT2D eigenvalue weighted by Crippen LogP contribution is -2.48. The Kier molecular flexibility index (Phi) is 3.13. The molecule has 0 aromatic carbocycles. The van der Waals surface area contributed by atoms with Crippen molar-refractivity contribution in [2.45, 2.75) is 18.3 Å². The molecule has 3 rings (SSSR count). The van der Waals surface area contributed by atoms with Crippen LogP contribution >= 0.6 is 0 Å². The summed E-state index contributed by atoms with van der Waals surface area (Å²) in [6.07, 6.45) is 2.82. The van der Waals surface area contributed by atoms with Gasteiger partial charge in [0.05, 0.1) is 20.1 Å². The lowest BCUT2D eigenvalue weighted by molar-refractivity contribution is -0.908. The van der Waals surface area contributed by atoms with Crippen molar-refractivity contribution in [1.82, 2.24) is 0 Å². The Hall–Kier alpha value is -0.760. The summed E-state index contributed by atoms with van der Waals surface area (Å²) in [5.74, 6) is -0.248. The Balaban J connectivity index is 2.21. The van der Waals surface area contributed by atoms with E-state index in [-0.39, 0.29) is 11.7 Å². The lowest BCUT2D eigenvalue weighted by atomic mass is 9.96. The van der Waals surface area contributed by atoms with Crippen LogP contribution in [0.5, 0.6) is 0 Å². The second-order valence-electron chi connectivity index (χ2n) is 5.11. The van der Waals surface area contributed by atoms with Crippen LogP contribution in [0.2, 0.25) is 0 Å². The van der Waals surface area contributed by atoms with Gasteiger partial charge in [-0.25, -0.2) is 0 Å². The number of piperidine rings is 1. The molecule has 0 atom stereocenters. The molecule has 104 valence electrons. The van der Waals surface area contributed by atoms with Crippen LogP contribution < -0.4 is 0 Å². The maximum absolute atomic E-state index is 12.3. The molecule has 0 spiro atoms. The summed E-state index contributed by atoms with van der Waals surface area (Å²) in [4.78, 5) is 0. The number of rotatable bonds is 2. The summed E-state index contributed by atoms with van der Waals surface area (Å²) in [5.41, 5.74) is -5.36. The van der Waals surface area contributed by atoms with E-state index in [1.165, 1.54) is 6.08 Å². The maximum atomic E-state index is 12.3. The average molecular weight is 286 g/mol. The van der Waals surface area contributed by atoms with Gasteiger partial charge in [0.2, 0.25) is 0 Å². The highest BCUT2D eigenvalue weighted by Gasteiger charge is 2.50. The molecule has 0 aromatic heterocycles. The van der Waals surface area contributed by atoms with Crippen molar-refractivity contribution in [3.63, 3.8) is 0 Å². The van der Waals surface area contributed by atoms with E-state index in [9.17, 15) is 21.6 Å². The largest absolute Gasteiger partial charge is 0.534 e. The molecule has 18 heavy (non-hydrogen) atoms. The third-order valence-corrected chi connectivity index (χ3v) is 4.64. The highest BCUT2D eigenvalue weighted by atomic mass is 32.2. The Labute approximate surface area is 104 Å². The van der Waals surface area contributed by atoms with Crippen molar-refractivity contribution < 1.29 is 30.3 Å². The standard InChI is InChI=1S/C10H15F3NO3S/c1-14-5-2-8(3-6-14)9(4-7-14)17-18(15,16)10(11,12)13/h4,8H,2-3,5-7H2,1H3/q+1. The molecule has 0 amide bonds. The smallest absolute Gasteiger partial charge is 0.380 e. The molecule has 3 aliphatic rings. The highest BCUT2D eigenvalue weighted by Crippen LogP contribution is 2.35. The van der Waals surface area contributed by atoms with Gasteiger partial charge in [-0.05, 0) is 0 Å². The van der Waals surface area contributed by atoms with Crippen LogP contribution in [0.1, 0.15) is 12.8 Å². The van der Waals surface area contributed by atoms with E-state index in [4.69, 9.17) is 0 Å². The average Bonchev–Trinajstić information content (AvgIpc) is 2.46. The van der Waals surface area contributed by atoms with E-state index in [2.05, 4.69) is 4.18 Å². The highest BCUT2D eigenvalue weighted by molar-refractivity contribution is 7.87. The minimum Gasteiger partial charge on any atom is -0.380 e. The number of quaternary nitrogens is 1. The molecule has 3 heterocycles. The predicted molar refractivity (Wildman–Crippen MR) is 57.7 cm³/mol. The van der Waals surface area contributed by atoms with Crippen LogP contribution in [0, 0.1) is 5.92 Å². The second kappa shape index (κ2) is 4.12. The van der Waals surface area contributed by atoms with Crippen LogP contribution in [0.4, 0.5) is 13.2 Å². The zero-order valence-electron chi connectivity index (χ0n) is 9.90. The van der Waals surface area contributed by atoms with E-state index >= 15 is 0 Å². The first-order valence-corrected chi connectivity index (χ1v) is 7.08.